The quantitative estimate of drug-likeness (QED) is 0.810. The minimum atomic E-state index is -0.264. The Hall–Kier alpha value is -3.15. The van der Waals surface area contributed by atoms with Gasteiger partial charge in [-0.1, -0.05) is 18.2 Å². The van der Waals surface area contributed by atoms with Gasteiger partial charge in [-0.05, 0) is 47.9 Å². The molecule has 1 aliphatic heterocycles. The van der Waals surface area contributed by atoms with Crippen molar-refractivity contribution in [2.24, 2.45) is 4.99 Å². The van der Waals surface area contributed by atoms with Gasteiger partial charge in [-0.15, -0.1) is 0 Å². The number of amides is 1. The van der Waals surface area contributed by atoms with E-state index in [-0.39, 0.29) is 11.7 Å². The first-order valence-electron chi connectivity index (χ1n) is 8.16. The number of ether oxygens (including phenoxy) is 2. The largest absolute Gasteiger partial charge is 0.493 e. The van der Waals surface area contributed by atoms with Gasteiger partial charge in [-0.25, -0.2) is 9.38 Å². The van der Waals surface area contributed by atoms with Crippen molar-refractivity contribution in [2.75, 3.05) is 14.2 Å². The van der Waals surface area contributed by atoms with Gasteiger partial charge in [0, 0.05) is 6.42 Å². The highest BCUT2D eigenvalue weighted by atomic mass is 19.1. The van der Waals surface area contributed by atoms with Crippen LogP contribution in [-0.2, 0) is 11.2 Å². The number of aryl methyl sites for hydroxylation is 1. The van der Waals surface area contributed by atoms with E-state index in [1.54, 1.807) is 44.6 Å². The fraction of sp³-hybridized carbons (Fsp3) is 0.200. The van der Waals surface area contributed by atoms with Crippen LogP contribution in [0.4, 0.5) is 4.39 Å². The van der Waals surface area contributed by atoms with Gasteiger partial charge in [-0.3, -0.25) is 4.79 Å². The highest BCUT2D eigenvalue weighted by molar-refractivity contribution is 6.14. The summed E-state index contributed by atoms with van der Waals surface area (Å²) in [5.41, 5.74) is 2.11. The predicted octanol–water partition coefficient (Wildman–Crippen LogP) is 3.34. The van der Waals surface area contributed by atoms with Crippen LogP contribution in [0.2, 0.25) is 0 Å². The average Bonchev–Trinajstić information content (AvgIpc) is 3.00. The molecular formula is C20H19FN2O3. The zero-order chi connectivity index (χ0) is 18.5. The number of nitrogens with zero attached hydrogens (tertiary/aromatic N) is 1. The van der Waals surface area contributed by atoms with Crippen LogP contribution in [0, 0.1) is 5.82 Å². The van der Waals surface area contributed by atoms with Crippen LogP contribution >= 0.6 is 0 Å². The van der Waals surface area contributed by atoms with Crippen molar-refractivity contribution in [3.05, 3.63) is 65.1 Å². The van der Waals surface area contributed by atoms with Crippen molar-refractivity contribution in [1.29, 1.82) is 0 Å². The van der Waals surface area contributed by atoms with Gasteiger partial charge in [0.05, 0.1) is 14.2 Å². The number of amidine groups is 1. The first-order valence-corrected chi connectivity index (χ1v) is 8.16. The molecule has 2 aromatic carbocycles. The minimum Gasteiger partial charge on any atom is -0.493 e. The second-order valence-electron chi connectivity index (χ2n) is 5.78. The van der Waals surface area contributed by atoms with Crippen molar-refractivity contribution >= 4 is 17.8 Å². The van der Waals surface area contributed by atoms with Crippen molar-refractivity contribution in [2.45, 2.75) is 12.8 Å². The van der Waals surface area contributed by atoms with Gasteiger partial charge in [0.2, 0.25) is 0 Å². The summed E-state index contributed by atoms with van der Waals surface area (Å²) in [4.78, 5) is 16.5. The number of hydrogen-bond acceptors (Lipinski definition) is 4. The van der Waals surface area contributed by atoms with Crippen LogP contribution in [0.3, 0.4) is 0 Å². The summed E-state index contributed by atoms with van der Waals surface area (Å²) in [6, 6.07) is 11.7. The van der Waals surface area contributed by atoms with Crippen LogP contribution in [0.5, 0.6) is 11.5 Å². The van der Waals surface area contributed by atoms with Gasteiger partial charge >= 0.3 is 0 Å². The summed E-state index contributed by atoms with van der Waals surface area (Å²) < 4.78 is 23.4. The van der Waals surface area contributed by atoms with Gasteiger partial charge in [0.15, 0.2) is 11.5 Å². The third-order valence-electron chi connectivity index (χ3n) is 4.02. The molecule has 0 unspecified atom stereocenters. The van der Waals surface area contributed by atoms with Gasteiger partial charge in [-0.2, -0.15) is 0 Å². The smallest absolute Gasteiger partial charge is 0.275 e. The first kappa shape index (κ1) is 17.7. The Kier molecular flexibility index (Phi) is 5.31. The molecule has 0 saturated heterocycles. The van der Waals surface area contributed by atoms with Gasteiger partial charge < -0.3 is 14.8 Å². The minimum absolute atomic E-state index is 0.242. The Bertz CT molecular complexity index is 873. The lowest BCUT2D eigenvalue weighted by Crippen LogP contribution is -2.24. The molecule has 0 fully saturated rings. The number of aliphatic imine (C=N–C) groups is 1. The second kappa shape index (κ2) is 7.82. The van der Waals surface area contributed by atoms with E-state index in [1.807, 2.05) is 6.07 Å². The molecule has 0 aliphatic carbocycles. The predicted molar refractivity (Wildman–Crippen MR) is 97.8 cm³/mol. The Morgan fingerprint density at radius 3 is 2.46 bits per heavy atom. The molecule has 26 heavy (non-hydrogen) atoms. The van der Waals surface area contributed by atoms with E-state index < -0.39 is 0 Å². The number of halogens is 1. The van der Waals surface area contributed by atoms with E-state index >= 15 is 0 Å². The van der Waals surface area contributed by atoms with E-state index in [0.717, 1.165) is 11.1 Å². The van der Waals surface area contributed by atoms with Crippen LogP contribution < -0.4 is 14.8 Å². The molecule has 1 heterocycles. The molecule has 0 atom stereocenters. The van der Waals surface area contributed by atoms with Crippen LogP contribution in [0.25, 0.3) is 6.08 Å². The standard InChI is InChI=1S/C20H19FN2O3/c1-25-17-9-5-14(12-18(17)26-2)11-16-20(24)23-19(22-16)10-6-13-3-7-15(21)8-4-13/h3-5,7-9,11-12H,6,10H2,1-2H3,(H,22,23,24)/b16-11+. The zero-order valence-electron chi connectivity index (χ0n) is 14.6. The number of benzene rings is 2. The molecule has 1 N–H and O–H groups in total. The maximum Gasteiger partial charge on any atom is 0.275 e. The molecular weight excluding hydrogens is 335 g/mol. The number of carbonyl (C=O) groups is 1. The summed E-state index contributed by atoms with van der Waals surface area (Å²) in [7, 11) is 3.13. The Balaban J connectivity index is 1.72. The Labute approximate surface area is 151 Å². The molecule has 134 valence electrons. The first-order chi connectivity index (χ1) is 12.6. The molecule has 1 aliphatic rings. The van der Waals surface area contributed by atoms with Gasteiger partial charge in [0.25, 0.3) is 5.91 Å². The summed E-state index contributed by atoms with van der Waals surface area (Å²) in [5, 5.41) is 2.77. The molecule has 2 aromatic rings. The Morgan fingerprint density at radius 1 is 1.04 bits per heavy atom. The molecule has 1 amide bonds. The van der Waals surface area contributed by atoms with Crippen LogP contribution in [-0.4, -0.2) is 26.0 Å². The summed E-state index contributed by atoms with van der Waals surface area (Å²) in [6.45, 7) is 0. The summed E-state index contributed by atoms with van der Waals surface area (Å²) in [5.74, 6) is 1.30. The van der Waals surface area contributed by atoms with E-state index in [0.29, 0.717) is 35.9 Å². The van der Waals surface area contributed by atoms with Crippen LogP contribution in [0.15, 0.2) is 53.2 Å². The lowest BCUT2D eigenvalue weighted by molar-refractivity contribution is -0.115. The maximum atomic E-state index is 12.9. The summed E-state index contributed by atoms with van der Waals surface area (Å²) in [6.07, 6.45) is 2.94. The van der Waals surface area contributed by atoms with Crippen molar-refractivity contribution in [1.82, 2.24) is 5.32 Å². The zero-order valence-corrected chi connectivity index (χ0v) is 14.6. The Morgan fingerprint density at radius 2 is 1.77 bits per heavy atom. The van der Waals surface area contributed by atoms with E-state index in [9.17, 15) is 9.18 Å². The fourth-order valence-electron chi connectivity index (χ4n) is 2.65. The fourth-order valence-corrected chi connectivity index (χ4v) is 2.65. The highest BCUT2D eigenvalue weighted by Crippen LogP contribution is 2.28. The van der Waals surface area contributed by atoms with Crippen molar-refractivity contribution in [3.8, 4) is 11.5 Å². The average molecular weight is 354 g/mol. The molecule has 0 saturated carbocycles. The number of hydrogen-bond donors (Lipinski definition) is 1. The third-order valence-corrected chi connectivity index (χ3v) is 4.02. The van der Waals surface area contributed by atoms with Crippen molar-refractivity contribution < 1.29 is 18.7 Å². The number of carbonyl (C=O) groups excluding carboxylic acids is 1. The number of rotatable bonds is 6. The molecule has 5 nitrogen and oxygen atoms in total. The maximum absolute atomic E-state index is 12.9. The molecule has 3 rings (SSSR count). The molecule has 0 spiro atoms. The molecule has 0 aromatic heterocycles. The second-order valence-corrected chi connectivity index (χ2v) is 5.78. The van der Waals surface area contributed by atoms with E-state index in [2.05, 4.69) is 10.3 Å². The number of methoxy groups -OCH3 is 2. The SMILES string of the molecule is COc1ccc(/C=C2/N=C(CCc3ccc(F)cc3)NC2=O)cc1OC. The third kappa shape index (κ3) is 4.08. The van der Waals surface area contributed by atoms with Gasteiger partial charge in [0.1, 0.15) is 17.3 Å². The molecule has 0 bridgehead atoms. The topological polar surface area (TPSA) is 59.9 Å². The van der Waals surface area contributed by atoms with Crippen LogP contribution in [0.1, 0.15) is 17.5 Å². The van der Waals surface area contributed by atoms with E-state index in [4.69, 9.17) is 9.47 Å². The van der Waals surface area contributed by atoms with Crippen molar-refractivity contribution in [3.63, 3.8) is 0 Å². The highest BCUT2D eigenvalue weighted by Gasteiger charge is 2.19. The summed E-state index contributed by atoms with van der Waals surface area (Å²) >= 11 is 0. The normalized spacial score (nSPS) is 15.0. The monoisotopic (exact) mass is 354 g/mol. The number of nitrogens with one attached hydrogen (secondary N) is 1. The molecule has 6 heteroatoms. The lowest BCUT2D eigenvalue weighted by atomic mass is 10.1. The van der Waals surface area contributed by atoms with E-state index in [1.165, 1.54) is 12.1 Å². The lowest BCUT2D eigenvalue weighted by Gasteiger charge is -2.07. The molecule has 0 radical (unpaired) electrons.